The van der Waals surface area contributed by atoms with Crippen molar-refractivity contribution in [2.75, 3.05) is 0 Å². The third kappa shape index (κ3) is 2.42. The summed E-state index contributed by atoms with van der Waals surface area (Å²) in [6.07, 6.45) is 8.11. The summed E-state index contributed by atoms with van der Waals surface area (Å²) in [6.45, 7) is 3.57. The second kappa shape index (κ2) is 5.27. The Balaban J connectivity index is 1.95. The van der Waals surface area contributed by atoms with Gasteiger partial charge in [-0.1, -0.05) is 6.42 Å². The molecule has 0 aliphatic heterocycles. The Morgan fingerprint density at radius 2 is 2.05 bits per heavy atom. The van der Waals surface area contributed by atoms with E-state index in [1.54, 1.807) is 6.20 Å². The van der Waals surface area contributed by atoms with Crippen LogP contribution in [0.5, 0.6) is 5.75 Å². The van der Waals surface area contributed by atoms with Crippen molar-refractivity contribution >= 4 is 16.8 Å². The lowest BCUT2D eigenvalue weighted by molar-refractivity contribution is 0.0926. The molecule has 1 aromatic heterocycles. The first kappa shape index (κ1) is 13.2. The molecule has 1 heterocycles. The predicted molar refractivity (Wildman–Crippen MR) is 78.3 cm³/mol. The Hall–Kier alpha value is -1.84. The first-order chi connectivity index (χ1) is 9.65. The maximum atomic E-state index is 11.6. The van der Waals surface area contributed by atoms with Crippen LogP contribution in [0.25, 0.3) is 10.9 Å². The van der Waals surface area contributed by atoms with Gasteiger partial charge in [-0.25, -0.2) is 4.68 Å². The van der Waals surface area contributed by atoms with Crippen LogP contribution in [-0.2, 0) is 0 Å². The van der Waals surface area contributed by atoms with Crippen molar-refractivity contribution in [2.45, 2.75) is 52.1 Å². The van der Waals surface area contributed by atoms with Crippen LogP contribution in [0, 0.1) is 6.92 Å². The summed E-state index contributed by atoms with van der Waals surface area (Å²) in [6, 6.07) is 3.99. The Kier molecular flexibility index (Phi) is 3.47. The summed E-state index contributed by atoms with van der Waals surface area (Å²) in [5, 5.41) is 5.12. The highest BCUT2D eigenvalue weighted by Crippen LogP contribution is 2.29. The molecule has 1 aromatic carbocycles. The molecule has 0 radical (unpaired) electrons. The van der Waals surface area contributed by atoms with Crippen LogP contribution >= 0.6 is 0 Å². The number of hydrogen-bond acceptors (Lipinski definition) is 3. The number of hydrogen-bond donors (Lipinski definition) is 0. The molecule has 2 aromatic rings. The van der Waals surface area contributed by atoms with E-state index in [4.69, 9.17) is 4.74 Å². The standard InChI is InChI=1S/C16H20N2O2/c1-11-8-13-10-17-18(12(2)19)15(13)9-16(11)20-14-6-4-3-5-7-14/h8-10,14H,3-7H2,1-2H3. The molecule has 0 bridgehead atoms. The number of carbonyl (C=O) groups excluding carboxylic acids is 1. The highest BCUT2D eigenvalue weighted by Gasteiger charge is 2.17. The molecule has 1 fully saturated rings. The Bertz CT molecular complexity index is 639. The maximum Gasteiger partial charge on any atom is 0.244 e. The fourth-order valence-corrected chi connectivity index (χ4v) is 2.91. The van der Waals surface area contributed by atoms with Gasteiger partial charge in [-0.05, 0) is 44.2 Å². The molecule has 0 N–H and O–H groups in total. The second-order valence-electron chi connectivity index (χ2n) is 5.63. The van der Waals surface area contributed by atoms with Crippen molar-refractivity contribution < 1.29 is 9.53 Å². The van der Waals surface area contributed by atoms with E-state index in [2.05, 4.69) is 5.10 Å². The van der Waals surface area contributed by atoms with Crippen LogP contribution in [0.2, 0.25) is 0 Å². The number of ether oxygens (including phenoxy) is 1. The largest absolute Gasteiger partial charge is 0.490 e. The van der Waals surface area contributed by atoms with Crippen LogP contribution in [0.1, 0.15) is 49.4 Å². The fraction of sp³-hybridized carbons (Fsp3) is 0.500. The van der Waals surface area contributed by atoms with Crippen LogP contribution in [0.4, 0.5) is 0 Å². The molecule has 106 valence electrons. The molecule has 4 nitrogen and oxygen atoms in total. The van der Waals surface area contributed by atoms with E-state index in [0.717, 1.165) is 35.1 Å². The van der Waals surface area contributed by atoms with Gasteiger partial charge < -0.3 is 4.74 Å². The smallest absolute Gasteiger partial charge is 0.244 e. The molecule has 0 amide bonds. The number of aryl methyl sites for hydroxylation is 1. The van der Waals surface area contributed by atoms with Crippen molar-refractivity contribution in [3.05, 3.63) is 23.9 Å². The van der Waals surface area contributed by atoms with E-state index < -0.39 is 0 Å². The van der Waals surface area contributed by atoms with E-state index in [9.17, 15) is 4.79 Å². The lowest BCUT2D eigenvalue weighted by Crippen LogP contribution is -2.20. The molecular formula is C16H20N2O2. The zero-order valence-electron chi connectivity index (χ0n) is 12.1. The van der Waals surface area contributed by atoms with E-state index in [-0.39, 0.29) is 5.91 Å². The normalized spacial score (nSPS) is 16.5. The highest BCUT2D eigenvalue weighted by molar-refractivity contribution is 5.90. The third-order valence-electron chi connectivity index (χ3n) is 4.01. The Morgan fingerprint density at radius 3 is 2.75 bits per heavy atom. The van der Waals surface area contributed by atoms with Gasteiger partial charge in [0.25, 0.3) is 0 Å². The zero-order valence-corrected chi connectivity index (χ0v) is 12.1. The summed E-state index contributed by atoms with van der Waals surface area (Å²) >= 11 is 0. The average Bonchev–Trinajstić information content (AvgIpc) is 2.83. The monoisotopic (exact) mass is 272 g/mol. The first-order valence-electron chi connectivity index (χ1n) is 7.31. The molecule has 1 saturated carbocycles. The summed E-state index contributed by atoms with van der Waals surface area (Å²) < 4.78 is 7.58. The van der Waals surface area contributed by atoms with Crippen molar-refractivity contribution in [3.63, 3.8) is 0 Å². The molecule has 4 heteroatoms. The number of aromatic nitrogens is 2. The summed E-state index contributed by atoms with van der Waals surface area (Å²) in [4.78, 5) is 11.6. The van der Waals surface area contributed by atoms with Gasteiger partial charge in [0, 0.05) is 18.4 Å². The number of nitrogens with zero attached hydrogens (tertiary/aromatic N) is 2. The van der Waals surface area contributed by atoms with E-state index in [1.165, 1.54) is 30.9 Å². The van der Waals surface area contributed by atoms with Gasteiger partial charge >= 0.3 is 0 Å². The van der Waals surface area contributed by atoms with Gasteiger partial charge in [0.2, 0.25) is 5.91 Å². The van der Waals surface area contributed by atoms with Gasteiger partial charge in [-0.15, -0.1) is 0 Å². The molecule has 1 aliphatic carbocycles. The van der Waals surface area contributed by atoms with Crippen LogP contribution in [-0.4, -0.2) is 21.8 Å². The lowest BCUT2D eigenvalue weighted by atomic mass is 9.97. The quantitative estimate of drug-likeness (QED) is 0.837. The van der Waals surface area contributed by atoms with E-state index in [0.29, 0.717) is 6.10 Å². The zero-order chi connectivity index (χ0) is 14.1. The van der Waals surface area contributed by atoms with Gasteiger partial charge in [0.1, 0.15) is 5.75 Å². The molecular weight excluding hydrogens is 252 g/mol. The first-order valence-corrected chi connectivity index (χ1v) is 7.31. The number of benzene rings is 1. The van der Waals surface area contributed by atoms with Crippen molar-refractivity contribution in [2.24, 2.45) is 0 Å². The topological polar surface area (TPSA) is 44.1 Å². The summed E-state index contributed by atoms with van der Waals surface area (Å²) in [7, 11) is 0. The molecule has 3 rings (SSSR count). The Morgan fingerprint density at radius 1 is 1.30 bits per heavy atom. The minimum atomic E-state index is -0.0764. The second-order valence-corrected chi connectivity index (χ2v) is 5.63. The van der Waals surface area contributed by atoms with Crippen LogP contribution in [0.15, 0.2) is 18.3 Å². The summed E-state index contributed by atoms with van der Waals surface area (Å²) in [5.74, 6) is 0.805. The van der Waals surface area contributed by atoms with Crippen molar-refractivity contribution in [1.82, 2.24) is 9.78 Å². The van der Waals surface area contributed by atoms with Gasteiger partial charge in [-0.3, -0.25) is 4.79 Å². The number of carbonyl (C=O) groups is 1. The fourth-order valence-electron chi connectivity index (χ4n) is 2.91. The van der Waals surface area contributed by atoms with Gasteiger partial charge in [-0.2, -0.15) is 5.10 Å². The molecule has 0 atom stereocenters. The maximum absolute atomic E-state index is 11.6. The van der Waals surface area contributed by atoms with E-state index >= 15 is 0 Å². The molecule has 0 spiro atoms. The number of rotatable bonds is 2. The SMILES string of the molecule is CC(=O)n1ncc2cc(C)c(OC3CCCCC3)cc21. The molecule has 20 heavy (non-hydrogen) atoms. The highest BCUT2D eigenvalue weighted by atomic mass is 16.5. The van der Waals surface area contributed by atoms with Gasteiger partial charge in [0.15, 0.2) is 0 Å². The third-order valence-corrected chi connectivity index (χ3v) is 4.01. The molecule has 0 saturated heterocycles. The Labute approximate surface area is 118 Å². The molecule has 1 aliphatic rings. The van der Waals surface area contributed by atoms with Gasteiger partial charge in [0.05, 0.1) is 17.8 Å². The minimum absolute atomic E-state index is 0.0764. The van der Waals surface area contributed by atoms with Crippen molar-refractivity contribution in [1.29, 1.82) is 0 Å². The van der Waals surface area contributed by atoms with Crippen molar-refractivity contribution in [3.8, 4) is 5.75 Å². The molecule has 0 unspecified atom stereocenters. The average molecular weight is 272 g/mol. The van der Waals surface area contributed by atoms with E-state index in [1.807, 2.05) is 19.1 Å². The van der Waals surface area contributed by atoms with Crippen LogP contribution < -0.4 is 4.74 Å². The lowest BCUT2D eigenvalue weighted by Gasteiger charge is -2.24. The van der Waals surface area contributed by atoms with Crippen LogP contribution in [0.3, 0.4) is 0 Å². The minimum Gasteiger partial charge on any atom is -0.490 e. The summed E-state index contributed by atoms with van der Waals surface area (Å²) in [5.41, 5.74) is 1.93. The number of fused-ring (bicyclic) bond motifs is 1. The predicted octanol–water partition coefficient (Wildman–Crippen LogP) is 3.72.